The van der Waals surface area contributed by atoms with Gasteiger partial charge < -0.3 is 44.3 Å². The van der Waals surface area contributed by atoms with E-state index in [1.54, 1.807) is 6.92 Å². The molecule has 9 atom stereocenters. The van der Waals surface area contributed by atoms with E-state index in [4.69, 9.17) is 22.6 Å². The van der Waals surface area contributed by atoms with Gasteiger partial charge in [0.2, 0.25) is 0 Å². The van der Waals surface area contributed by atoms with E-state index in [1.807, 2.05) is 0 Å². The molecule has 32 nitrogen and oxygen atoms in total. The van der Waals surface area contributed by atoms with Crippen LogP contribution in [0.2, 0.25) is 0 Å². The van der Waals surface area contributed by atoms with E-state index in [-0.39, 0.29) is 25.9 Å². The second-order valence-electron chi connectivity index (χ2n) is 11.9. The molecule has 63 heavy (non-hydrogen) atoms. The number of phosphoric acid groups is 7. The normalized spacial score (nSPS) is 38.1. The summed E-state index contributed by atoms with van der Waals surface area (Å²) in [5, 5.41) is 9.27. The van der Waals surface area contributed by atoms with Gasteiger partial charge in [-0.1, -0.05) is 13.3 Å². The Morgan fingerprint density at radius 2 is 0.889 bits per heavy atom. The van der Waals surface area contributed by atoms with E-state index in [0.717, 1.165) is 0 Å². The van der Waals surface area contributed by atoms with E-state index >= 15 is 0 Å². The predicted octanol–water partition coefficient (Wildman–Crippen LogP) is 2.26. The van der Waals surface area contributed by atoms with Gasteiger partial charge in [-0.2, -0.15) is 13.9 Å². The Morgan fingerprint density at radius 1 is 0.571 bits per heavy atom. The number of hydrogen-bond donors (Lipinski definition) is 10. The Morgan fingerprint density at radius 3 is 1.19 bits per heavy atom. The first-order valence-electron chi connectivity index (χ1n) is 18.0. The molecule has 0 aromatic heterocycles. The van der Waals surface area contributed by atoms with Crippen LogP contribution >= 0.6 is 62.7 Å². The first kappa shape index (κ1) is 62.1. The third-order valence-corrected chi connectivity index (χ3v) is 15.8. The van der Waals surface area contributed by atoms with E-state index in [1.165, 1.54) is 0 Å². The maximum absolute atomic E-state index is 12.6. The van der Waals surface area contributed by atoms with Crippen molar-refractivity contribution in [3.8, 4) is 0 Å². The Hall–Kier alpha value is 1.04. The number of aliphatic hydroxyl groups is 1. The molecule has 378 valence electrons. The minimum absolute atomic E-state index is 0.0146. The standard InChI is InChI=1S/C23H54O32P8/c1-2-4-23-19-22(20-54-57(26,27)28)21-55-63(39,40)53-18-17-52-62(37,38)51-16-15-50-61(35,36)49-14-13-48-60(33,34)47-12-11-46-59(31,32)45-10-9-44-58(29,30)43-8-7-42-56(23,25)41-6-3-5-24/h22-25H,2-21H2,1H3,(H7-,26,27,28,29,30,31,32,33,34,35,36,37,38,39,40)/p+1. The zero-order valence-electron chi connectivity index (χ0n) is 33.3. The summed E-state index contributed by atoms with van der Waals surface area (Å²) in [6, 6.07) is 0. The molecule has 9 unspecified atom stereocenters. The third kappa shape index (κ3) is 31.7. The van der Waals surface area contributed by atoms with Crippen molar-refractivity contribution in [3.63, 3.8) is 0 Å². The topological polar surface area (TPSA) is 460 Å². The van der Waals surface area contributed by atoms with Crippen molar-refractivity contribution in [2.45, 2.75) is 38.3 Å². The SMILES string of the molecule is CCCC1CC(COP(=O)(O)O)COP(=O)(O)OCCOP(=O)(O)OCCOP(=O)(O)OCCOP(=O)(O)OCCOP(=O)(O)OCCOP(=O)(O)OCCO[P+]1(O)OCCCO. The van der Waals surface area contributed by atoms with Crippen molar-refractivity contribution >= 4 is 62.7 Å². The molecule has 40 heteroatoms. The van der Waals surface area contributed by atoms with Gasteiger partial charge in [-0.3, -0.25) is 58.8 Å². The Kier molecular flexibility index (Phi) is 29.5. The molecule has 1 aliphatic heterocycles. The van der Waals surface area contributed by atoms with E-state index in [9.17, 15) is 81.1 Å². The maximum Gasteiger partial charge on any atom is 0.472 e. The van der Waals surface area contributed by atoms with Crippen molar-refractivity contribution in [1.82, 2.24) is 0 Å². The van der Waals surface area contributed by atoms with Crippen LogP contribution in [0.1, 0.15) is 32.6 Å². The van der Waals surface area contributed by atoms with Gasteiger partial charge in [-0.25, -0.2) is 32.0 Å². The largest absolute Gasteiger partial charge is 0.472 e. The zero-order chi connectivity index (χ0) is 47.9. The summed E-state index contributed by atoms with van der Waals surface area (Å²) < 4.78 is 156. The summed E-state index contributed by atoms with van der Waals surface area (Å²) in [7, 11) is -39.0. The molecule has 10 N–H and O–H groups in total. The molecule has 0 aromatic rings. The van der Waals surface area contributed by atoms with Gasteiger partial charge in [0.1, 0.15) is 6.61 Å². The Bertz CT molecular complexity index is 1650. The molecule has 0 amide bonds. The molecule has 1 saturated heterocycles. The average Bonchev–Trinajstić information content (AvgIpc) is 3.16. The summed E-state index contributed by atoms with van der Waals surface area (Å²) in [5.41, 5.74) is -1.08. The van der Waals surface area contributed by atoms with Crippen LogP contribution in [-0.4, -0.2) is 161 Å². The van der Waals surface area contributed by atoms with Crippen LogP contribution in [-0.2, 0) is 99.8 Å². The molecule has 1 rings (SSSR count). The van der Waals surface area contributed by atoms with Gasteiger partial charge >= 0.3 is 62.7 Å². The summed E-state index contributed by atoms with van der Waals surface area (Å²) in [6.45, 7) is -10.8. The van der Waals surface area contributed by atoms with Crippen molar-refractivity contribution in [1.29, 1.82) is 0 Å². The molecule has 0 bridgehead atoms. The van der Waals surface area contributed by atoms with E-state index in [0.29, 0.717) is 6.42 Å². The van der Waals surface area contributed by atoms with Crippen LogP contribution < -0.4 is 0 Å². The summed E-state index contributed by atoms with van der Waals surface area (Å²) in [4.78, 5) is 89.6. The Labute approximate surface area is 361 Å². The van der Waals surface area contributed by atoms with Gasteiger partial charge in [-0.15, -0.1) is 0 Å². The number of rotatable bonds is 9. The molecule has 0 radical (unpaired) electrons. The average molecular weight is 1090 g/mol. The highest BCUT2D eigenvalue weighted by Gasteiger charge is 2.51. The van der Waals surface area contributed by atoms with Crippen LogP contribution in [0.4, 0.5) is 0 Å². The molecule has 0 spiro atoms. The molecule has 0 saturated carbocycles. The Balaban J connectivity index is 3.19. The third-order valence-electron chi connectivity index (χ3n) is 6.79. The van der Waals surface area contributed by atoms with Crippen molar-refractivity contribution in [3.05, 3.63) is 0 Å². The summed E-state index contributed by atoms with van der Waals surface area (Å²) >= 11 is 0. The van der Waals surface area contributed by atoms with Gasteiger partial charge in [-0.05, 0) is 19.3 Å². The maximum atomic E-state index is 12.6. The fraction of sp³-hybridized carbons (Fsp3) is 1.00. The molecule has 1 aliphatic rings. The molecule has 1 heterocycles. The van der Waals surface area contributed by atoms with Crippen LogP contribution in [0.5, 0.6) is 0 Å². The highest BCUT2D eigenvalue weighted by Crippen LogP contribution is 2.64. The van der Waals surface area contributed by atoms with Crippen molar-refractivity contribution < 1.29 is 149 Å². The van der Waals surface area contributed by atoms with Crippen LogP contribution in [0.15, 0.2) is 0 Å². The van der Waals surface area contributed by atoms with Crippen molar-refractivity contribution in [2.24, 2.45) is 5.92 Å². The van der Waals surface area contributed by atoms with Gasteiger partial charge in [0.25, 0.3) is 0 Å². The fourth-order valence-electron chi connectivity index (χ4n) is 4.30. The lowest BCUT2D eigenvalue weighted by molar-refractivity contribution is 0.0693. The summed E-state index contributed by atoms with van der Waals surface area (Å²) in [5.74, 6) is -1.24. The highest BCUT2D eigenvalue weighted by atomic mass is 31.2. The molecular weight excluding hydrogens is 1040 g/mol. The smallest absolute Gasteiger partial charge is 0.396 e. The quantitative estimate of drug-likeness (QED) is 0.117. The first-order valence-corrected chi connectivity index (χ1v) is 30.1. The monoisotopic (exact) mass is 1090 g/mol. The van der Waals surface area contributed by atoms with Crippen LogP contribution in [0.25, 0.3) is 0 Å². The molecular formula is C23H55O32P8+. The minimum Gasteiger partial charge on any atom is -0.396 e. The lowest BCUT2D eigenvalue weighted by Gasteiger charge is -2.28. The molecule has 0 aliphatic carbocycles. The number of hydrogen-bond acceptors (Lipinski definition) is 24. The lowest BCUT2D eigenvalue weighted by Crippen LogP contribution is -2.27. The fourth-order valence-corrected chi connectivity index (χ4v) is 11.3. The van der Waals surface area contributed by atoms with Crippen molar-refractivity contribution in [2.75, 3.05) is 106 Å². The van der Waals surface area contributed by atoms with E-state index in [2.05, 4.69) is 45.2 Å². The van der Waals surface area contributed by atoms with Gasteiger partial charge in [0.05, 0.1) is 92.5 Å². The predicted molar refractivity (Wildman–Crippen MR) is 208 cm³/mol. The lowest BCUT2D eigenvalue weighted by atomic mass is 10.0. The zero-order valence-corrected chi connectivity index (χ0v) is 40.5. The minimum atomic E-state index is -5.16. The van der Waals surface area contributed by atoms with E-state index < -0.39 is 173 Å². The van der Waals surface area contributed by atoms with Crippen LogP contribution in [0, 0.1) is 5.92 Å². The second-order valence-corrected chi connectivity index (χ2v) is 24.2. The second kappa shape index (κ2) is 29.9. The number of phosphoric ester groups is 7. The van der Waals surface area contributed by atoms with Gasteiger partial charge in [0.15, 0.2) is 5.66 Å². The molecule has 1 fully saturated rings. The molecule has 0 aromatic carbocycles. The first-order chi connectivity index (χ1) is 29.0. The highest BCUT2D eigenvalue weighted by molar-refractivity contribution is 7.61. The summed E-state index contributed by atoms with van der Waals surface area (Å²) in [6.07, 6.45) is 0.0121. The number of aliphatic hydroxyl groups excluding tert-OH is 1. The van der Waals surface area contributed by atoms with Crippen LogP contribution in [0.3, 0.4) is 0 Å². The van der Waals surface area contributed by atoms with Gasteiger partial charge in [0, 0.05) is 12.5 Å².